The van der Waals surface area contributed by atoms with Gasteiger partial charge in [0.2, 0.25) is 0 Å². The highest BCUT2D eigenvalue weighted by atomic mass is 16.5. The van der Waals surface area contributed by atoms with Crippen molar-refractivity contribution in [3.63, 3.8) is 0 Å². The molecule has 0 aliphatic heterocycles. The third-order valence-corrected chi connectivity index (χ3v) is 4.02. The van der Waals surface area contributed by atoms with Gasteiger partial charge in [0.05, 0.1) is 12.5 Å². The first-order valence-electron chi connectivity index (χ1n) is 9.02. The summed E-state index contributed by atoms with van der Waals surface area (Å²) < 4.78 is 10.5. The maximum Gasteiger partial charge on any atom is 0.308 e. The average Bonchev–Trinajstić information content (AvgIpc) is 3.36. The Labute approximate surface area is 136 Å². The van der Waals surface area contributed by atoms with Gasteiger partial charge in [0.15, 0.2) is 0 Å². The third kappa shape index (κ3) is 11.6. The van der Waals surface area contributed by atoms with E-state index in [1.165, 1.54) is 51.4 Å². The Kier molecular flexibility index (Phi) is 11.8. The lowest BCUT2D eigenvalue weighted by atomic mass is 10.1. The van der Waals surface area contributed by atoms with E-state index in [1.54, 1.807) is 0 Å². The second-order valence-corrected chi connectivity index (χ2v) is 6.23. The summed E-state index contributed by atoms with van der Waals surface area (Å²) >= 11 is 0. The predicted octanol–water partition coefficient (Wildman–Crippen LogP) is 4.49. The van der Waals surface area contributed by atoms with Gasteiger partial charge in [-0.3, -0.25) is 4.79 Å². The van der Waals surface area contributed by atoms with Crippen LogP contribution in [0.25, 0.3) is 0 Å². The van der Waals surface area contributed by atoms with Crippen LogP contribution in [0.15, 0.2) is 0 Å². The van der Waals surface area contributed by atoms with Crippen LogP contribution in [-0.2, 0) is 14.3 Å². The van der Waals surface area contributed by atoms with Gasteiger partial charge in [-0.25, -0.2) is 0 Å². The molecule has 0 saturated heterocycles. The van der Waals surface area contributed by atoms with Gasteiger partial charge in [-0.05, 0) is 25.7 Å². The molecule has 0 atom stereocenters. The number of unbranched alkanes of at least 4 members (excludes halogenated alkanes) is 9. The van der Waals surface area contributed by atoms with E-state index < -0.39 is 0 Å². The van der Waals surface area contributed by atoms with Gasteiger partial charge in [-0.15, -0.1) is 6.42 Å². The van der Waals surface area contributed by atoms with Crippen LogP contribution < -0.4 is 0 Å². The minimum Gasteiger partial charge on any atom is -0.465 e. The Bertz CT molecular complexity index is 315. The molecule has 1 fully saturated rings. The first-order chi connectivity index (χ1) is 10.8. The molecular weight excluding hydrogens is 276 g/mol. The molecule has 3 nitrogen and oxygen atoms in total. The first kappa shape index (κ1) is 19.0. The second kappa shape index (κ2) is 13.6. The topological polar surface area (TPSA) is 35.5 Å². The highest BCUT2D eigenvalue weighted by Gasteiger charge is 2.30. The Morgan fingerprint density at radius 3 is 1.86 bits per heavy atom. The molecular formula is C19H32O3. The number of carbonyl (C=O) groups is 1. The molecule has 0 aromatic carbocycles. The number of esters is 1. The van der Waals surface area contributed by atoms with Crippen LogP contribution in [0.2, 0.25) is 0 Å². The summed E-state index contributed by atoms with van der Waals surface area (Å²) in [6.07, 6.45) is 19.6. The van der Waals surface area contributed by atoms with E-state index in [1.807, 2.05) is 0 Å². The summed E-state index contributed by atoms with van der Waals surface area (Å²) in [6.45, 7) is 1.87. The van der Waals surface area contributed by atoms with Crippen molar-refractivity contribution < 1.29 is 14.3 Å². The second-order valence-electron chi connectivity index (χ2n) is 6.23. The van der Waals surface area contributed by atoms with Gasteiger partial charge in [-0.1, -0.05) is 57.3 Å². The summed E-state index contributed by atoms with van der Waals surface area (Å²) in [6, 6.07) is 0. The Balaban J connectivity index is 1.66. The van der Waals surface area contributed by atoms with Crippen LogP contribution in [0, 0.1) is 18.3 Å². The van der Waals surface area contributed by atoms with E-state index in [9.17, 15) is 4.79 Å². The van der Waals surface area contributed by atoms with E-state index in [4.69, 9.17) is 15.9 Å². The predicted molar refractivity (Wildman–Crippen MR) is 89.5 cm³/mol. The SMILES string of the molecule is C#CCOCCCCCCCCCCCCOC(=O)C1CC1. The van der Waals surface area contributed by atoms with Crippen LogP contribution in [0.3, 0.4) is 0 Å². The fraction of sp³-hybridized carbons (Fsp3) is 0.842. The van der Waals surface area contributed by atoms with Crippen LogP contribution in [0.1, 0.15) is 77.0 Å². The number of ether oxygens (including phenoxy) is 2. The van der Waals surface area contributed by atoms with Crippen molar-refractivity contribution in [2.45, 2.75) is 77.0 Å². The lowest BCUT2D eigenvalue weighted by Gasteiger charge is -2.04. The van der Waals surface area contributed by atoms with Crippen LogP contribution >= 0.6 is 0 Å². The minimum absolute atomic E-state index is 0.0321. The van der Waals surface area contributed by atoms with Gasteiger partial charge in [0.25, 0.3) is 0 Å². The van der Waals surface area contributed by atoms with E-state index >= 15 is 0 Å². The Hall–Kier alpha value is -1.01. The lowest BCUT2D eigenvalue weighted by Crippen LogP contribution is -2.07. The van der Waals surface area contributed by atoms with Gasteiger partial charge in [0.1, 0.15) is 6.61 Å². The number of hydrogen-bond donors (Lipinski definition) is 0. The molecule has 0 amide bonds. The van der Waals surface area contributed by atoms with Crippen molar-refractivity contribution >= 4 is 5.97 Å². The summed E-state index contributed by atoms with van der Waals surface area (Å²) in [5, 5.41) is 0. The number of hydrogen-bond acceptors (Lipinski definition) is 3. The highest BCUT2D eigenvalue weighted by molar-refractivity contribution is 5.74. The fourth-order valence-corrected chi connectivity index (χ4v) is 2.46. The van der Waals surface area contributed by atoms with Gasteiger partial charge >= 0.3 is 5.97 Å². The molecule has 0 N–H and O–H groups in total. The van der Waals surface area contributed by atoms with Crippen molar-refractivity contribution in [1.82, 2.24) is 0 Å². The standard InChI is InChI=1S/C19H32O3/c1-2-15-21-16-11-9-7-5-3-4-6-8-10-12-17-22-19(20)18-13-14-18/h1,18H,3-17H2. The molecule has 126 valence electrons. The average molecular weight is 308 g/mol. The molecule has 0 radical (unpaired) electrons. The summed E-state index contributed by atoms with van der Waals surface area (Å²) in [5.41, 5.74) is 0. The molecule has 0 aromatic rings. The molecule has 22 heavy (non-hydrogen) atoms. The van der Waals surface area contributed by atoms with Crippen molar-refractivity contribution in [3.05, 3.63) is 0 Å². The normalized spacial score (nSPS) is 13.8. The summed E-state index contributed by atoms with van der Waals surface area (Å²) in [4.78, 5) is 11.3. The van der Waals surface area contributed by atoms with Crippen LogP contribution in [0.4, 0.5) is 0 Å². The Morgan fingerprint density at radius 2 is 1.36 bits per heavy atom. The van der Waals surface area contributed by atoms with Crippen molar-refractivity contribution in [1.29, 1.82) is 0 Å². The van der Waals surface area contributed by atoms with Gasteiger partial charge in [0, 0.05) is 6.61 Å². The van der Waals surface area contributed by atoms with E-state index in [2.05, 4.69) is 5.92 Å². The monoisotopic (exact) mass is 308 g/mol. The molecule has 1 saturated carbocycles. The molecule has 3 heteroatoms. The van der Waals surface area contributed by atoms with Gasteiger partial charge < -0.3 is 9.47 Å². The zero-order valence-electron chi connectivity index (χ0n) is 14.0. The molecule has 0 unspecified atom stereocenters. The minimum atomic E-state index is 0.0321. The molecule has 0 bridgehead atoms. The quantitative estimate of drug-likeness (QED) is 0.254. The van der Waals surface area contributed by atoms with E-state index in [0.29, 0.717) is 13.2 Å². The zero-order valence-corrected chi connectivity index (χ0v) is 14.0. The van der Waals surface area contributed by atoms with Crippen molar-refractivity contribution in [2.24, 2.45) is 5.92 Å². The first-order valence-corrected chi connectivity index (χ1v) is 9.02. The molecule has 0 spiro atoms. The van der Waals surface area contributed by atoms with E-state index in [0.717, 1.165) is 32.3 Å². The lowest BCUT2D eigenvalue weighted by molar-refractivity contribution is -0.145. The molecule has 0 heterocycles. The summed E-state index contributed by atoms with van der Waals surface area (Å²) in [5.74, 6) is 2.75. The molecule has 1 aliphatic carbocycles. The van der Waals surface area contributed by atoms with E-state index in [-0.39, 0.29) is 11.9 Å². The zero-order chi connectivity index (χ0) is 15.9. The number of terminal acetylenes is 1. The Morgan fingerprint density at radius 1 is 0.864 bits per heavy atom. The molecule has 1 rings (SSSR count). The molecule has 0 aromatic heterocycles. The van der Waals surface area contributed by atoms with Crippen molar-refractivity contribution in [3.8, 4) is 12.3 Å². The summed E-state index contributed by atoms with van der Waals surface area (Å²) in [7, 11) is 0. The third-order valence-electron chi connectivity index (χ3n) is 4.02. The van der Waals surface area contributed by atoms with Crippen molar-refractivity contribution in [2.75, 3.05) is 19.8 Å². The van der Waals surface area contributed by atoms with Gasteiger partial charge in [-0.2, -0.15) is 0 Å². The smallest absolute Gasteiger partial charge is 0.308 e. The largest absolute Gasteiger partial charge is 0.465 e. The van der Waals surface area contributed by atoms with Crippen LogP contribution in [-0.4, -0.2) is 25.8 Å². The maximum absolute atomic E-state index is 11.3. The van der Waals surface area contributed by atoms with Crippen LogP contribution in [0.5, 0.6) is 0 Å². The number of carbonyl (C=O) groups excluding carboxylic acids is 1. The highest BCUT2D eigenvalue weighted by Crippen LogP contribution is 2.30. The maximum atomic E-state index is 11.3. The fourth-order valence-electron chi connectivity index (χ4n) is 2.46. The number of rotatable bonds is 15. The molecule has 1 aliphatic rings.